The summed E-state index contributed by atoms with van der Waals surface area (Å²) in [6.45, 7) is 42.1. The molecular weight excluding hydrogens is 969 g/mol. The zero-order valence-corrected chi connectivity index (χ0v) is 54.7. The lowest BCUT2D eigenvalue weighted by Crippen LogP contribution is -2.50. The van der Waals surface area contributed by atoms with Gasteiger partial charge in [0.2, 0.25) is 0 Å². The number of benzene rings is 4. The van der Waals surface area contributed by atoms with Crippen LogP contribution in [0.2, 0.25) is 0 Å². The molecule has 0 nitrogen and oxygen atoms in total. The molecule has 4 unspecified atom stereocenters. The van der Waals surface area contributed by atoms with E-state index in [-0.39, 0.29) is 43.3 Å². The lowest BCUT2D eigenvalue weighted by Gasteiger charge is -2.48. The maximum Gasteiger partial charge on any atom is 0.0640 e. The van der Waals surface area contributed by atoms with Gasteiger partial charge in [-0.25, -0.2) is 0 Å². The molecular formula is C76H108Si2. The van der Waals surface area contributed by atoms with E-state index in [9.17, 15) is 0 Å². The molecule has 4 fully saturated rings. The number of rotatable bonds is 20. The van der Waals surface area contributed by atoms with Crippen molar-refractivity contribution in [2.45, 2.75) is 239 Å². The first-order valence-corrected chi connectivity index (χ1v) is 37.3. The predicted octanol–water partition coefficient (Wildman–Crippen LogP) is 21.3. The molecule has 420 valence electrons. The third-order valence-electron chi connectivity index (χ3n) is 26.7. The largest absolute Gasteiger partial charge is 0.0764 e. The number of hydrogen-bond donors (Lipinski definition) is 0. The molecule has 0 saturated heterocycles. The van der Waals surface area contributed by atoms with Gasteiger partial charge in [0.1, 0.15) is 0 Å². The van der Waals surface area contributed by atoms with Gasteiger partial charge in [-0.2, -0.15) is 0 Å². The second-order valence-corrected chi connectivity index (χ2v) is 34.3. The Balaban J connectivity index is 1.56. The van der Waals surface area contributed by atoms with Crippen LogP contribution in [0, 0.1) is 67.0 Å². The lowest BCUT2D eigenvalue weighted by molar-refractivity contribution is 0.179. The highest BCUT2D eigenvalue weighted by molar-refractivity contribution is 7.14. The molecule has 6 aliphatic carbocycles. The van der Waals surface area contributed by atoms with Crippen LogP contribution in [0.4, 0.5) is 0 Å². The molecule has 0 radical (unpaired) electrons. The summed E-state index contributed by atoms with van der Waals surface area (Å²) in [6.07, 6.45) is 31.8. The van der Waals surface area contributed by atoms with Crippen LogP contribution in [0.15, 0.2) is 130 Å². The molecule has 4 atom stereocenters. The third-order valence-corrected chi connectivity index (χ3v) is 36.0. The molecule has 0 amide bonds. The number of fused-ring (bicyclic) bond motifs is 6. The normalized spacial score (nSPS) is 26.6. The molecule has 0 N–H and O–H groups in total. The first kappa shape index (κ1) is 58.0. The topological polar surface area (TPSA) is 0 Å². The van der Waals surface area contributed by atoms with E-state index in [0.29, 0.717) is 23.7 Å². The summed E-state index contributed by atoms with van der Waals surface area (Å²) in [6, 6.07) is 35.6. The summed E-state index contributed by atoms with van der Waals surface area (Å²) < 4.78 is 0. The van der Waals surface area contributed by atoms with Crippen LogP contribution >= 0.6 is 0 Å². The fraction of sp³-hybridized carbons (Fsp3) is 0.632. The van der Waals surface area contributed by atoms with Gasteiger partial charge in [0, 0.05) is 23.7 Å². The highest BCUT2D eigenvalue weighted by Gasteiger charge is 2.66. The quantitative estimate of drug-likeness (QED) is 0.0611. The van der Waals surface area contributed by atoms with Crippen LogP contribution in [-0.2, 0) is 0 Å². The van der Waals surface area contributed by atoms with Crippen molar-refractivity contribution in [2.75, 3.05) is 0 Å². The van der Waals surface area contributed by atoms with Gasteiger partial charge in [-0.1, -0.05) is 241 Å². The molecule has 78 heavy (non-hydrogen) atoms. The zero-order chi connectivity index (χ0) is 55.8. The minimum Gasteiger partial charge on any atom is -0.0764 e. The molecule has 2 heteroatoms. The van der Waals surface area contributed by atoms with Crippen molar-refractivity contribution in [1.82, 2.24) is 0 Å². The van der Waals surface area contributed by atoms with Crippen LogP contribution in [0.1, 0.15) is 239 Å². The van der Waals surface area contributed by atoms with Gasteiger partial charge < -0.3 is 0 Å². The van der Waals surface area contributed by atoms with Crippen molar-refractivity contribution >= 4 is 47.7 Å². The van der Waals surface area contributed by atoms with E-state index in [1.54, 1.807) is 10.4 Å². The van der Waals surface area contributed by atoms with Crippen LogP contribution in [-0.4, -0.2) is 15.8 Å². The first-order chi connectivity index (χ1) is 37.6. The van der Waals surface area contributed by atoms with Gasteiger partial charge in [0.25, 0.3) is 0 Å². The van der Waals surface area contributed by atoms with Gasteiger partial charge >= 0.3 is 0 Å². The number of allylic oxidation sites excluding steroid dienone is 8. The van der Waals surface area contributed by atoms with E-state index in [4.69, 9.17) is 0 Å². The average molecular weight is 1080 g/mol. The summed E-state index contributed by atoms with van der Waals surface area (Å²) in [5, 5.41) is 13.4. The van der Waals surface area contributed by atoms with E-state index in [1.165, 1.54) is 150 Å². The Morgan fingerprint density at radius 1 is 0.321 bits per heavy atom. The van der Waals surface area contributed by atoms with Crippen molar-refractivity contribution in [3.63, 3.8) is 0 Å². The molecule has 4 saturated carbocycles. The second-order valence-electron chi connectivity index (χ2n) is 27.5. The SMILES string of the molecule is CCC1(CC)CC(CC)(CC)C2C1=CC1C(=C2/[Si](c2ccc3ccccc3c2)=[Si](/C2=C3C(C=C4C2C(CC)(CC)CC4(CC)CC)C(CC)(CC)CC3(CC)CC)c2ccc3ccccc3c2)C(CC)(CC)CC1(CC)CC. The molecule has 4 aromatic carbocycles. The summed E-state index contributed by atoms with van der Waals surface area (Å²) in [5.74, 6) is 1.96. The summed E-state index contributed by atoms with van der Waals surface area (Å²) in [7, 11) is -3.28. The van der Waals surface area contributed by atoms with Gasteiger partial charge in [-0.15, -0.1) is 0 Å². The summed E-state index contributed by atoms with van der Waals surface area (Å²) in [5.41, 5.74) is 9.66. The average Bonchev–Trinajstić information content (AvgIpc) is 3.69. The summed E-state index contributed by atoms with van der Waals surface area (Å²) >= 11 is 0. The van der Waals surface area contributed by atoms with Crippen molar-refractivity contribution in [2.24, 2.45) is 67.0 Å². The van der Waals surface area contributed by atoms with Gasteiger partial charge in [-0.3, -0.25) is 0 Å². The maximum atomic E-state index is 3.13. The zero-order valence-electron chi connectivity index (χ0n) is 52.7. The van der Waals surface area contributed by atoms with Crippen LogP contribution in [0.25, 0.3) is 21.5 Å². The third kappa shape index (κ3) is 7.98. The molecule has 0 aromatic heterocycles. The summed E-state index contributed by atoms with van der Waals surface area (Å²) in [4.78, 5) is 0. The van der Waals surface area contributed by atoms with Crippen molar-refractivity contribution in [3.8, 4) is 0 Å². The molecule has 10 rings (SSSR count). The Bertz CT molecular complexity index is 2830. The lowest BCUT2D eigenvalue weighted by atomic mass is 9.64. The Morgan fingerprint density at radius 3 is 0.885 bits per heavy atom. The Kier molecular flexibility index (Phi) is 16.0. The van der Waals surface area contributed by atoms with Gasteiger partial charge in [0.05, 0.1) is 15.8 Å². The Hall–Kier alpha value is -3.21. The molecule has 0 heterocycles. The fourth-order valence-electron chi connectivity index (χ4n) is 21.0. The Morgan fingerprint density at radius 2 is 0.603 bits per heavy atom. The van der Waals surface area contributed by atoms with Gasteiger partial charge in [0.15, 0.2) is 0 Å². The highest BCUT2D eigenvalue weighted by atomic mass is 28.9. The highest BCUT2D eigenvalue weighted by Crippen LogP contribution is 2.75. The Labute approximate surface area is 480 Å². The minimum absolute atomic E-state index is 0.180. The van der Waals surface area contributed by atoms with Gasteiger partial charge in [-0.05, 0) is 204 Å². The maximum absolute atomic E-state index is 3.13. The molecule has 0 spiro atoms. The van der Waals surface area contributed by atoms with Crippen molar-refractivity contribution in [1.29, 1.82) is 0 Å². The van der Waals surface area contributed by atoms with E-state index < -0.39 is 15.8 Å². The van der Waals surface area contributed by atoms with E-state index in [1.807, 2.05) is 22.3 Å². The van der Waals surface area contributed by atoms with Crippen LogP contribution < -0.4 is 10.4 Å². The monoisotopic (exact) mass is 1080 g/mol. The van der Waals surface area contributed by atoms with E-state index in [2.05, 4.69) is 218 Å². The second kappa shape index (κ2) is 21.5. The van der Waals surface area contributed by atoms with E-state index in [0.717, 1.165) is 0 Å². The minimum atomic E-state index is -1.64. The molecule has 0 aliphatic heterocycles. The first-order valence-electron chi connectivity index (χ1n) is 33.3. The van der Waals surface area contributed by atoms with Crippen LogP contribution in [0.5, 0.6) is 0 Å². The van der Waals surface area contributed by atoms with Crippen molar-refractivity contribution < 1.29 is 0 Å². The standard InChI is InChI=1S/C76H108Si2/c1-17-69(18-2)49-73(25-9,26-10)63-59(69)47-60-64(74(27-11,28-12)50-70(60,19-3)20-4)67(63)77(57-43-41-53-37-33-35-39-55(53)45-57)78(58-44-42-54-38-34-36-40-56(54)46-58)68-65-61(71(21-5,22-6)51-75(65,29-13)30-14)48-62-66(68)76(31-15,32-16)52-72(62,23-7)24-8/h33-48,59,61,64,66H,17-32,49-52H2,1-16H3/b78-77+. The molecule has 0 bridgehead atoms. The van der Waals surface area contributed by atoms with Crippen LogP contribution in [0.3, 0.4) is 0 Å². The van der Waals surface area contributed by atoms with E-state index >= 15 is 0 Å². The fourth-order valence-corrected chi connectivity index (χ4v) is 32.7. The predicted molar refractivity (Wildman–Crippen MR) is 345 cm³/mol. The molecule has 4 aromatic rings. The number of hydrogen-bond acceptors (Lipinski definition) is 0. The molecule has 6 aliphatic rings. The smallest absolute Gasteiger partial charge is 0.0640 e. The van der Waals surface area contributed by atoms with Crippen molar-refractivity contribution in [3.05, 3.63) is 130 Å².